The van der Waals surface area contributed by atoms with Gasteiger partial charge < -0.3 is 15.0 Å². The smallest absolute Gasteiger partial charge is 0.246 e. The highest BCUT2D eigenvalue weighted by Crippen LogP contribution is 2.46. The summed E-state index contributed by atoms with van der Waals surface area (Å²) in [6.07, 6.45) is 4.42. The number of ether oxygens (including phenoxy) is 1. The van der Waals surface area contributed by atoms with Crippen molar-refractivity contribution in [2.45, 2.75) is 70.5 Å². The summed E-state index contributed by atoms with van der Waals surface area (Å²) in [6, 6.07) is -0.340. The molecule has 2 rings (SSSR count). The minimum absolute atomic E-state index is 0.0207. The molecule has 1 N–H and O–H groups in total. The van der Waals surface area contributed by atoms with E-state index >= 15 is 0 Å². The first-order chi connectivity index (χ1) is 9.96. The third kappa shape index (κ3) is 2.93. The molecule has 2 fully saturated rings. The Morgan fingerprint density at radius 3 is 2.62 bits per heavy atom. The summed E-state index contributed by atoms with van der Waals surface area (Å²) in [7, 11) is 1.66. The average molecular weight is 296 g/mol. The first-order valence-corrected chi connectivity index (χ1v) is 8.09. The molecule has 0 aromatic heterocycles. The summed E-state index contributed by atoms with van der Waals surface area (Å²) in [6.45, 7) is 6.60. The molecule has 0 radical (unpaired) electrons. The van der Waals surface area contributed by atoms with Crippen molar-refractivity contribution in [1.82, 2.24) is 10.2 Å². The van der Waals surface area contributed by atoms with Crippen LogP contribution in [0.3, 0.4) is 0 Å². The second kappa shape index (κ2) is 6.34. The molecule has 1 heterocycles. The predicted octanol–water partition coefficient (Wildman–Crippen LogP) is 1.71. The van der Waals surface area contributed by atoms with E-state index in [0.717, 1.165) is 25.7 Å². The van der Waals surface area contributed by atoms with Crippen molar-refractivity contribution in [3.05, 3.63) is 0 Å². The summed E-state index contributed by atoms with van der Waals surface area (Å²) in [4.78, 5) is 27.4. The maximum atomic E-state index is 12.9. The lowest BCUT2D eigenvalue weighted by molar-refractivity contribution is -0.162. The quantitative estimate of drug-likeness (QED) is 0.778. The van der Waals surface area contributed by atoms with E-state index in [0.29, 0.717) is 18.9 Å². The molecule has 1 saturated carbocycles. The highest BCUT2D eigenvalue weighted by Gasteiger charge is 2.57. The fourth-order valence-electron chi connectivity index (χ4n) is 3.48. The fraction of sp³-hybridized carbons (Fsp3) is 0.875. The van der Waals surface area contributed by atoms with Gasteiger partial charge in [-0.25, -0.2) is 0 Å². The van der Waals surface area contributed by atoms with Crippen LogP contribution in [0.4, 0.5) is 0 Å². The number of nitrogens with one attached hydrogen (secondary N) is 1. The van der Waals surface area contributed by atoms with E-state index in [-0.39, 0.29) is 23.9 Å². The van der Waals surface area contributed by atoms with Crippen LogP contribution in [0.25, 0.3) is 0 Å². The van der Waals surface area contributed by atoms with E-state index < -0.39 is 5.54 Å². The Bertz CT molecular complexity index is 408. The van der Waals surface area contributed by atoms with E-state index in [4.69, 9.17) is 4.74 Å². The highest BCUT2D eigenvalue weighted by atomic mass is 16.5. The molecule has 3 unspecified atom stereocenters. The van der Waals surface area contributed by atoms with Crippen LogP contribution in [0, 0.1) is 5.92 Å². The third-order valence-corrected chi connectivity index (χ3v) is 4.93. The number of amides is 2. The molecule has 120 valence electrons. The molecule has 0 aromatic carbocycles. The van der Waals surface area contributed by atoms with E-state index in [2.05, 4.69) is 5.32 Å². The minimum Gasteiger partial charge on any atom is -0.385 e. The Kier molecular flexibility index (Phi) is 4.91. The molecule has 3 atom stereocenters. The SMILES string of the molecule is CCCC1NC(=O)C(C)(C2CC2)N(C(C)CCOC)C1=O. The molecule has 0 spiro atoms. The maximum Gasteiger partial charge on any atom is 0.246 e. The van der Waals surface area contributed by atoms with Crippen molar-refractivity contribution in [1.29, 1.82) is 0 Å². The van der Waals surface area contributed by atoms with Gasteiger partial charge in [0.05, 0.1) is 0 Å². The van der Waals surface area contributed by atoms with Crippen molar-refractivity contribution in [2.75, 3.05) is 13.7 Å². The van der Waals surface area contributed by atoms with Gasteiger partial charge in [0.1, 0.15) is 11.6 Å². The zero-order valence-electron chi connectivity index (χ0n) is 13.6. The molecule has 1 saturated heterocycles. The summed E-state index contributed by atoms with van der Waals surface area (Å²) < 4.78 is 5.15. The van der Waals surface area contributed by atoms with Crippen molar-refractivity contribution < 1.29 is 14.3 Å². The van der Waals surface area contributed by atoms with Crippen molar-refractivity contribution in [3.63, 3.8) is 0 Å². The van der Waals surface area contributed by atoms with Crippen LogP contribution in [0.1, 0.15) is 52.9 Å². The van der Waals surface area contributed by atoms with E-state index in [1.807, 2.05) is 25.7 Å². The van der Waals surface area contributed by atoms with Gasteiger partial charge in [-0.2, -0.15) is 0 Å². The first kappa shape index (κ1) is 16.3. The van der Waals surface area contributed by atoms with Crippen LogP contribution in [-0.2, 0) is 14.3 Å². The van der Waals surface area contributed by atoms with Crippen LogP contribution >= 0.6 is 0 Å². The number of hydrogen-bond acceptors (Lipinski definition) is 3. The molecule has 5 nitrogen and oxygen atoms in total. The monoisotopic (exact) mass is 296 g/mol. The third-order valence-electron chi connectivity index (χ3n) is 4.93. The van der Waals surface area contributed by atoms with Gasteiger partial charge in [-0.05, 0) is 45.4 Å². The molecular formula is C16H28N2O3. The van der Waals surface area contributed by atoms with Gasteiger partial charge in [0.2, 0.25) is 11.8 Å². The number of piperazine rings is 1. The van der Waals surface area contributed by atoms with Crippen LogP contribution in [0.5, 0.6) is 0 Å². The molecule has 0 bridgehead atoms. The normalized spacial score (nSPS) is 31.2. The highest BCUT2D eigenvalue weighted by molar-refractivity contribution is 6.00. The first-order valence-electron chi connectivity index (χ1n) is 8.09. The average Bonchev–Trinajstić information content (AvgIpc) is 3.27. The van der Waals surface area contributed by atoms with Gasteiger partial charge >= 0.3 is 0 Å². The molecule has 2 amide bonds. The van der Waals surface area contributed by atoms with Crippen LogP contribution in [0.15, 0.2) is 0 Å². The van der Waals surface area contributed by atoms with Crippen LogP contribution < -0.4 is 5.32 Å². The van der Waals surface area contributed by atoms with Gasteiger partial charge in [0, 0.05) is 19.8 Å². The molecule has 5 heteroatoms. The molecular weight excluding hydrogens is 268 g/mol. The largest absolute Gasteiger partial charge is 0.385 e. The fourth-order valence-corrected chi connectivity index (χ4v) is 3.48. The van der Waals surface area contributed by atoms with Crippen LogP contribution in [-0.4, -0.2) is 48.1 Å². The number of nitrogens with zero attached hydrogens (tertiary/aromatic N) is 1. The van der Waals surface area contributed by atoms with Gasteiger partial charge in [-0.1, -0.05) is 13.3 Å². The van der Waals surface area contributed by atoms with Gasteiger partial charge in [0.25, 0.3) is 0 Å². The number of carbonyl (C=O) groups excluding carboxylic acids is 2. The number of hydrogen-bond donors (Lipinski definition) is 1. The summed E-state index contributed by atoms with van der Waals surface area (Å²) in [5.41, 5.74) is -0.686. The molecule has 0 aromatic rings. The lowest BCUT2D eigenvalue weighted by Crippen LogP contribution is -2.72. The van der Waals surface area contributed by atoms with Crippen LogP contribution in [0.2, 0.25) is 0 Å². The molecule has 1 aliphatic carbocycles. The van der Waals surface area contributed by atoms with Crippen molar-refractivity contribution >= 4 is 11.8 Å². The van der Waals surface area contributed by atoms with E-state index in [1.165, 1.54) is 0 Å². The Morgan fingerprint density at radius 1 is 1.43 bits per heavy atom. The lowest BCUT2D eigenvalue weighted by atomic mass is 9.85. The van der Waals surface area contributed by atoms with Crippen molar-refractivity contribution in [2.24, 2.45) is 5.92 Å². The summed E-state index contributed by atoms with van der Waals surface area (Å²) in [5.74, 6) is 0.399. The Hall–Kier alpha value is -1.10. The standard InChI is InChI=1S/C16H28N2O3/c1-5-6-13-14(19)18(11(2)9-10-21-4)16(3,12-7-8-12)15(20)17-13/h11-13H,5-10H2,1-4H3,(H,17,20). The van der Waals surface area contributed by atoms with E-state index in [1.54, 1.807) is 7.11 Å². The second-order valence-corrected chi connectivity index (χ2v) is 6.58. The Morgan fingerprint density at radius 2 is 2.10 bits per heavy atom. The van der Waals surface area contributed by atoms with Gasteiger partial charge in [0.15, 0.2) is 0 Å². The molecule has 1 aliphatic heterocycles. The van der Waals surface area contributed by atoms with Crippen molar-refractivity contribution in [3.8, 4) is 0 Å². The minimum atomic E-state index is -0.686. The maximum absolute atomic E-state index is 12.9. The molecule has 2 aliphatic rings. The number of rotatable bonds is 7. The zero-order chi connectivity index (χ0) is 15.6. The Balaban J connectivity index is 2.26. The lowest BCUT2D eigenvalue weighted by Gasteiger charge is -2.49. The second-order valence-electron chi connectivity index (χ2n) is 6.58. The van der Waals surface area contributed by atoms with Gasteiger partial charge in [-0.3, -0.25) is 9.59 Å². The summed E-state index contributed by atoms with van der Waals surface area (Å²) in [5, 5.41) is 2.96. The number of carbonyl (C=O) groups is 2. The zero-order valence-corrected chi connectivity index (χ0v) is 13.6. The topological polar surface area (TPSA) is 58.6 Å². The Labute approximate surface area is 127 Å². The molecule has 21 heavy (non-hydrogen) atoms. The van der Waals surface area contributed by atoms with E-state index in [9.17, 15) is 9.59 Å². The summed E-state index contributed by atoms with van der Waals surface area (Å²) >= 11 is 0. The number of methoxy groups -OCH3 is 1. The predicted molar refractivity (Wildman–Crippen MR) is 80.8 cm³/mol. The van der Waals surface area contributed by atoms with Gasteiger partial charge in [-0.15, -0.1) is 0 Å².